The molecule has 3 rings (SSSR count). The van der Waals surface area contributed by atoms with Crippen molar-refractivity contribution in [3.8, 4) is 6.01 Å². The van der Waals surface area contributed by atoms with E-state index in [1.54, 1.807) is 4.90 Å². The van der Waals surface area contributed by atoms with E-state index in [9.17, 15) is 4.79 Å². The summed E-state index contributed by atoms with van der Waals surface area (Å²) in [5.41, 5.74) is 1.94. The molecule has 7 heteroatoms. The third-order valence-corrected chi connectivity index (χ3v) is 4.03. The zero-order valence-electron chi connectivity index (χ0n) is 13.4. The van der Waals surface area contributed by atoms with Gasteiger partial charge in [0.25, 0.3) is 0 Å². The normalized spacial score (nSPS) is 17.4. The van der Waals surface area contributed by atoms with Crippen molar-refractivity contribution >= 4 is 23.3 Å². The van der Waals surface area contributed by atoms with Crippen LogP contribution < -0.4 is 10.1 Å². The third kappa shape index (κ3) is 4.35. The number of carbonyl (C=O) groups is 1. The molecule has 1 aliphatic heterocycles. The van der Waals surface area contributed by atoms with Gasteiger partial charge in [-0.05, 0) is 31.9 Å². The second-order valence-electron chi connectivity index (χ2n) is 5.81. The first-order valence-corrected chi connectivity index (χ1v) is 8.25. The summed E-state index contributed by atoms with van der Waals surface area (Å²) in [5, 5.41) is 3.38. The van der Waals surface area contributed by atoms with Gasteiger partial charge in [0.15, 0.2) is 0 Å². The standard InChI is InChI=1S/C17H19ClN4O2/c1-12-4-6-14(7-5-12)21-17(23)22-8-2-3-15(11-22)24-16-19-9-13(18)10-20-16/h4-7,9-10,15H,2-3,8,11H2,1H3,(H,21,23). The van der Waals surface area contributed by atoms with Crippen LogP contribution in [0, 0.1) is 6.92 Å². The molecule has 2 amide bonds. The molecule has 0 spiro atoms. The van der Waals surface area contributed by atoms with Crippen LogP contribution in [0.3, 0.4) is 0 Å². The molecule has 6 nitrogen and oxygen atoms in total. The predicted octanol–water partition coefficient (Wildman–Crippen LogP) is 3.51. The van der Waals surface area contributed by atoms with E-state index >= 15 is 0 Å². The van der Waals surface area contributed by atoms with Crippen LogP contribution in [0.1, 0.15) is 18.4 Å². The number of aryl methyl sites for hydroxylation is 1. The Morgan fingerprint density at radius 2 is 2.00 bits per heavy atom. The summed E-state index contributed by atoms with van der Waals surface area (Å²) in [5.74, 6) is 0. The summed E-state index contributed by atoms with van der Waals surface area (Å²) < 4.78 is 5.75. The fourth-order valence-corrected chi connectivity index (χ4v) is 2.67. The Balaban J connectivity index is 1.57. The lowest BCUT2D eigenvalue weighted by Gasteiger charge is -2.32. The summed E-state index contributed by atoms with van der Waals surface area (Å²) in [6.45, 7) is 3.22. The number of amides is 2. The van der Waals surface area contributed by atoms with Gasteiger partial charge in [-0.15, -0.1) is 0 Å². The van der Waals surface area contributed by atoms with Crippen molar-refractivity contribution in [2.45, 2.75) is 25.9 Å². The van der Waals surface area contributed by atoms with Crippen LogP contribution in [-0.2, 0) is 0 Å². The van der Waals surface area contributed by atoms with Gasteiger partial charge in [-0.3, -0.25) is 0 Å². The monoisotopic (exact) mass is 346 g/mol. The molecule has 0 radical (unpaired) electrons. The number of hydrogen-bond acceptors (Lipinski definition) is 4. The summed E-state index contributed by atoms with van der Waals surface area (Å²) in [7, 11) is 0. The molecule has 1 aliphatic rings. The molecule has 24 heavy (non-hydrogen) atoms. The maximum Gasteiger partial charge on any atom is 0.321 e. The van der Waals surface area contributed by atoms with Crippen molar-refractivity contribution in [1.29, 1.82) is 0 Å². The summed E-state index contributed by atoms with van der Waals surface area (Å²) in [6, 6.07) is 7.89. The van der Waals surface area contributed by atoms with Crippen LogP contribution in [-0.4, -0.2) is 40.1 Å². The minimum Gasteiger partial charge on any atom is -0.458 e. The van der Waals surface area contributed by atoms with Gasteiger partial charge in [0, 0.05) is 12.2 Å². The van der Waals surface area contributed by atoms with Crippen LogP contribution in [0.5, 0.6) is 6.01 Å². The van der Waals surface area contributed by atoms with Gasteiger partial charge in [-0.2, -0.15) is 0 Å². The lowest BCUT2D eigenvalue weighted by atomic mass is 10.1. The van der Waals surface area contributed by atoms with Gasteiger partial charge >= 0.3 is 12.0 Å². The summed E-state index contributed by atoms with van der Waals surface area (Å²) >= 11 is 5.76. The quantitative estimate of drug-likeness (QED) is 0.923. The lowest BCUT2D eigenvalue weighted by molar-refractivity contribution is 0.0983. The minimum absolute atomic E-state index is 0.121. The molecule has 1 fully saturated rings. The Labute approximate surface area is 145 Å². The average Bonchev–Trinajstić information content (AvgIpc) is 2.59. The molecule has 2 aromatic rings. The van der Waals surface area contributed by atoms with Crippen LogP contribution >= 0.6 is 11.6 Å². The molecule has 1 N–H and O–H groups in total. The second-order valence-corrected chi connectivity index (χ2v) is 6.24. The number of anilines is 1. The number of nitrogens with zero attached hydrogens (tertiary/aromatic N) is 3. The summed E-state index contributed by atoms with van der Waals surface area (Å²) in [6.07, 6.45) is 4.60. The van der Waals surface area contributed by atoms with Crippen molar-refractivity contribution in [2.75, 3.05) is 18.4 Å². The van der Waals surface area contributed by atoms with Gasteiger partial charge in [0.1, 0.15) is 6.10 Å². The van der Waals surface area contributed by atoms with Crippen molar-refractivity contribution in [3.63, 3.8) is 0 Å². The number of ether oxygens (including phenoxy) is 1. The average molecular weight is 347 g/mol. The predicted molar refractivity (Wildman–Crippen MR) is 92.5 cm³/mol. The van der Waals surface area contributed by atoms with Crippen molar-refractivity contribution in [2.24, 2.45) is 0 Å². The van der Waals surface area contributed by atoms with Gasteiger partial charge < -0.3 is 15.0 Å². The van der Waals surface area contributed by atoms with Crippen molar-refractivity contribution in [3.05, 3.63) is 47.2 Å². The number of benzene rings is 1. The molecule has 1 atom stereocenters. The molecule has 1 aromatic carbocycles. The highest BCUT2D eigenvalue weighted by molar-refractivity contribution is 6.30. The van der Waals surface area contributed by atoms with E-state index in [4.69, 9.17) is 16.3 Å². The maximum absolute atomic E-state index is 12.4. The Morgan fingerprint density at radius 1 is 1.29 bits per heavy atom. The van der Waals surface area contributed by atoms with Crippen LogP contribution in [0.4, 0.5) is 10.5 Å². The van der Waals surface area contributed by atoms with Crippen LogP contribution in [0.25, 0.3) is 0 Å². The number of carbonyl (C=O) groups excluding carboxylic acids is 1. The van der Waals surface area contributed by atoms with Crippen molar-refractivity contribution < 1.29 is 9.53 Å². The van der Waals surface area contributed by atoms with Gasteiger partial charge in [-0.1, -0.05) is 29.3 Å². The zero-order chi connectivity index (χ0) is 16.9. The number of likely N-dealkylation sites (tertiary alicyclic amines) is 1. The van der Waals surface area contributed by atoms with E-state index in [0.717, 1.165) is 24.1 Å². The number of urea groups is 1. The first-order valence-electron chi connectivity index (χ1n) is 7.87. The molecule has 126 valence electrons. The number of aromatic nitrogens is 2. The number of piperidine rings is 1. The third-order valence-electron chi connectivity index (χ3n) is 3.84. The Hall–Kier alpha value is -2.34. The van der Waals surface area contributed by atoms with E-state index < -0.39 is 0 Å². The molecule has 1 unspecified atom stereocenters. The highest BCUT2D eigenvalue weighted by atomic mass is 35.5. The number of nitrogens with one attached hydrogen (secondary N) is 1. The number of rotatable bonds is 3. The Bertz CT molecular complexity index is 691. The van der Waals surface area contributed by atoms with Crippen LogP contribution in [0.2, 0.25) is 5.02 Å². The Morgan fingerprint density at radius 3 is 2.71 bits per heavy atom. The smallest absolute Gasteiger partial charge is 0.321 e. The second kappa shape index (κ2) is 7.49. The molecule has 0 aliphatic carbocycles. The number of hydrogen-bond donors (Lipinski definition) is 1. The fraction of sp³-hybridized carbons (Fsp3) is 0.353. The highest BCUT2D eigenvalue weighted by Crippen LogP contribution is 2.17. The molecular formula is C17H19ClN4O2. The van der Waals surface area contributed by atoms with E-state index in [1.807, 2.05) is 31.2 Å². The van der Waals surface area contributed by atoms with Gasteiger partial charge in [0.05, 0.1) is 24.0 Å². The number of halogens is 1. The largest absolute Gasteiger partial charge is 0.458 e. The van der Waals surface area contributed by atoms with Gasteiger partial charge in [-0.25, -0.2) is 14.8 Å². The topological polar surface area (TPSA) is 67.4 Å². The molecule has 0 bridgehead atoms. The first-order chi connectivity index (χ1) is 11.6. The van der Waals surface area contributed by atoms with Crippen molar-refractivity contribution in [1.82, 2.24) is 14.9 Å². The molecule has 0 saturated carbocycles. The summed E-state index contributed by atoms with van der Waals surface area (Å²) in [4.78, 5) is 22.2. The molecule has 1 saturated heterocycles. The maximum atomic E-state index is 12.4. The van der Waals surface area contributed by atoms with E-state index in [-0.39, 0.29) is 18.1 Å². The molecule has 2 heterocycles. The van der Waals surface area contributed by atoms with Crippen LogP contribution in [0.15, 0.2) is 36.7 Å². The minimum atomic E-state index is -0.122. The van der Waals surface area contributed by atoms with E-state index in [2.05, 4.69) is 15.3 Å². The van der Waals surface area contributed by atoms with E-state index in [1.165, 1.54) is 12.4 Å². The molecular weight excluding hydrogens is 328 g/mol. The van der Waals surface area contributed by atoms with E-state index in [0.29, 0.717) is 18.1 Å². The van der Waals surface area contributed by atoms with Gasteiger partial charge in [0.2, 0.25) is 0 Å². The lowest BCUT2D eigenvalue weighted by Crippen LogP contribution is -2.46. The zero-order valence-corrected chi connectivity index (χ0v) is 14.2. The first kappa shape index (κ1) is 16.5. The molecule has 1 aromatic heterocycles. The fourth-order valence-electron chi connectivity index (χ4n) is 2.57. The highest BCUT2D eigenvalue weighted by Gasteiger charge is 2.25. The Kier molecular flexibility index (Phi) is 5.15. The SMILES string of the molecule is Cc1ccc(NC(=O)N2CCCC(Oc3ncc(Cl)cn3)C2)cc1.